The summed E-state index contributed by atoms with van der Waals surface area (Å²) in [6.07, 6.45) is 7.84. The van der Waals surface area contributed by atoms with E-state index in [1.165, 1.54) is 12.9 Å². The van der Waals surface area contributed by atoms with Crippen molar-refractivity contribution in [2.75, 3.05) is 39.6 Å². The number of hydrogen-bond donors (Lipinski definition) is 1. The number of ether oxygens (including phenoxy) is 7. The minimum atomic E-state index is -0.516. The number of epoxide rings is 2. The summed E-state index contributed by atoms with van der Waals surface area (Å²) in [5.74, 6) is -0.259. The molecule has 0 radical (unpaired) electrons. The summed E-state index contributed by atoms with van der Waals surface area (Å²) >= 11 is 0. The van der Waals surface area contributed by atoms with Crippen molar-refractivity contribution >= 4 is 24.9 Å². The molecule has 4 aliphatic rings. The topological polar surface area (TPSA) is 160 Å². The molecular weight excluding hydrogens is 836 g/mol. The Labute approximate surface area is 242 Å². The molecule has 208 valence electrons. The number of hydrogen-bond acceptors (Lipinski definition) is 12. The van der Waals surface area contributed by atoms with E-state index in [1.807, 2.05) is 0 Å². The number of esters is 2. The van der Waals surface area contributed by atoms with Gasteiger partial charge in [-0.3, -0.25) is 0 Å². The molecule has 0 aromatic heterocycles. The number of carbonyl (C=O) groups excluding carboxylic acids is 4. The Bertz CT molecular complexity index is 629. The molecule has 2 aliphatic heterocycles. The van der Waals surface area contributed by atoms with Crippen LogP contribution in [0.1, 0.15) is 38.5 Å². The van der Waals surface area contributed by atoms with Crippen LogP contribution in [0.2, 0.25) is 0 Å². The normalized spacial score (nSPS) is 27.2. The van der Waals surface area contributed by atoms with Crippen molar-refractivity contribution in [3.8, 4) is 0 Å². The van der Waals surface area contributed by atoms with Crippen molar-refractivity contribution in [3.05, 3.63) is 13.5 Å². The van der Waals surface area contributed by atoms with Crippen LogP contribution in [0, 0.1) is 25.4 Å². The van der Waals surface area contributed by atoms with E-state index in [0.29, 0.717) is 56.1 Å². The van der Waals surface area contributed by atoms with Crippen molar-refractivity contribution in [1.29, 1.82) is 0 Å². The van der Waals surface area contributed by atoms with Gasteiger partial charge in [0.05, 0.1) is 37.6 Å². The van der Waals surface area contributed by atoms with Crippen LogP contribution in [-0.4, -0.2) is 94.0 Å². The first-order valence-electron chi connectivity index (χ1n) is 11.9. The first-order chi connectivity index (χ1) is 17.5. The van der Waals surface area contributed by atoms with E-state index in [9.17, 15) is 19.2 Å². The van der Waals surface area contributed by atoms with Crippen molar-refractivity contribution in [2.45, 2.75) is 62.9 Å². The summed E-state index contributed by atoms with van der Waals surface area (Å²) < 4.78 is 33.5. The quantitative estimate of drug-likeness (QED) is 0.0912. The van der Waals surface area contributed by atoms with Gasteiger partial charge in [-0.15, -0.1) is 0 Å². The molecule has 6 atom stereocenters. The molecule has 1 N–H and O–H groups in total. The molecule has 4 rings (SSSR count). The Morgan fingerprint density at radius 2 is 1.29 bits per heavy atom. The number of aliphatic hydroxyl groups is 1. The maximum Gasteiger partial charge on any atom is 3.00 e. The molecular formula is C24H34O12RfY-. The summed E-state index contributed by atoms with van der Waals surface area (Å²) in [6, 6.07) is 0. The molecule has 0 aromatic carbocycles. The average Bonchev–Trinajstić information content (AvgIpc) is 3.82. The predicted octanol–water partition coefficient (Wildman–Crippen LogP) is 0.731. The number of fused-ring (bicyclic) bond motifs is 2. The summed E-state index contributed by atoms with van der Waals surface area (Å²) in [6.45, 7) is 7.47. The molecule has 12 nitrogen and oxygen atoms in total. The summed E-state index contributed by atoms with van der Waals surface area (Å²) in [5.41, 5.74) is 0. The van der Waals surface area contributed by atoms with Crippen molar-refractivity contribution in [2.24, 2.45) is 11.8 Å². The van der Waals surface area contributed by atoms with Crippen LogP contribution in [0.3, 0.4) is 0 Å². The van der Waals surface area contributed by atoms with Gasteiger partial charge in [0, 0.05) is 0 Å². The number of carbonyl (C=O) groups is 2. The van der Waals surface area contributed by atoms with Gasteiger partial charge in [0.15, 0.2) is 0 Å². The van der Waals surface area contributed by atoms with Crippen LogP contribution in [0.5, 0.6) is 0 Å². The molecule has 14 heteroatoms. The standard InChI is InChI=1S/2C10H13O5.C4H8O2.Rf.Y/c2*11-6-13-5-10(12)14-4-7-1-2-8-9(3-7)15-8;1-2-6-4-3-5;;/h2*7-9H,1-5H2;3,5H,1-2,4H2;;/q2*-1;-2;;+3. The van der Waals surface area contributed by atoms with E-state index in [2.05, 4.69) is 21.1 Å². The molecule has 2 aliphatic carbocycles. The second kappa shape index (κ2) is 20.7. The van der Waals surface area contributed by atoms with Crippen LogP contribution in [0.25, 0.3) is 0 Å². The fourth-order valence-corrected chi connectivity index (χ4v) is 4.09. The van der Waals surface area contributed by atoms with Gasteiger partial charge in [-0.05, 0) is 50.4 Å². The van der Waals surface area contributed by atoms with Gasteiger partial charge < -0.3 is 54.8 Å². The minimum Gasteiger partial charge on any atom is -0.645 e. The van der Waals surface area contributed by atoms with E-state index < -0.39 is 11.9 Å². The molecule has 0 spiro atoms. The van der Waals surface area contributed by atoms with Crippen LogP contribution in [-0.2, 0) is 85.0 Å². The summed E-state index contributed by atoms with van der Waals surface area (Å²) in [5, 5.41) is 7.92. The Morgan fingerprint density at radius 3 is 1.61 bits per heavy atom. The number of aliphatic hydroxyl groups excluding tert-OH is 1. The van der Waals surface area contributed by atoms with Crippen molar-refractivity contribution in [3.63, 3.8) is 0 Å². The molecule has 2 saturated heterocycles. The van der Waals surface area contributed by atoms with Gasteiger partial charge in [-0.2, -0.15) is 6.61 Å². The summed E-state index contributed by atoms with van der Waals surface area (Å²) in [7, 11) is 0. The van der Waals surface area contributed by atoms with Crippen molar-refractivity contribution < 1.29 is 90.2 Å². The monoisotopic (exact) mass is 870 g/mol. The van der Waals surface area contributed by atoms with Gasteiger partial charge in [0.2, 0.25) is 0 Å². The second-order valence-electron chi connectivity index (χ2n) is 8.65. The zero-order chi connectivity index (χ0) is 26.2. The third kappa shape index (κ3) is 15.3. The SMILES string of the molecule is O=[C-]OCC(=O)OCC1CCC2OC2C1.O=[C-]OCC(=O)OCC1CCC2OC2C1.[CH2-]COC[CH-]O.[Rf].[Y+3]. The predicted molar refractivity (Wildman–Crippen MR) is 120 cm³/mol. The van der Waals surface area contributed by atoms with Gasteiger partial charge in [-0.25, -0.2) is 9.59 Å². The molecule has 2 heterocycles. The van der Waals surface area contributed by atoms with E-state index in [-0.39, 0.29) is 52.5 Å². The van der Waals surface area contributed by atoms with Crippen LogP contribution < -0.4 is 0 Å². The molecule has 2 saturated carbocycles. The van der Waals surface area contributed by atoms with Gasteiger partial charge in [0.1, 0.15) is 13.2 Å². The Kier molecular flexibility index (Phi) is 19.6. The van der Waals surface area contributed by atoms with E-state index >= 15 is 0 Å². The average molecular weight is 870 g/mol. The van der Waals surface area contributed by atoms with E-state index in [1.54, 1.807) is 0 Å². The third-order valence-electron chi connectivity index (χ3n) is 6.02. The molecule has 6 unspecified atom stereocenters. The van der Waals surface area contributed by atoms with Gasteiger partial charge >= 0.3 is 44.6 Å². The molecule has 0 aromatic rings. The first kappa shape index (κ1) is 35.8. The first-order valence-corrected chi connectivity index (χ1v) is 11.9. The smallest absolute Gasteiger partial charge is 0.645 e. The van der Waals surface area contributed by atoms with Crippen LogP contribution >= 0.6 is 0 Å². The maximum absolute atomic E-state index is 11.0. The Balaban J connectivity index is 0.000000573. The molecule has 4 fully saturated rings. The second-order valence-corrected chi connectivity index (χ2v) is 8.65. The fourth-order valence-electron chi connectivity index (χ4n) is 4.09. The molecule has 0 bridgehead atoms. The minimum absolute atomic E-state index is 0. The zero-order valence-electron chi connectivity index (χ0n) is 21.5. The van der Waals surface area contributed by atoms with Crippen molar-refractivity contribution in [1.82, 2.24) is 0 Å². The molecule has 38 heavy (non-hydrogen) atoms. The molecule has 0 amide bonds. The fraction of sp³-hybridized carbons (Fsp3) is 0.750. The third-order valence-corrected chi connectivity index (χ3v) is 6.02. The summed E-state index contributed by atoms with van der Waals surface area (Å²) in [4.78, 5) is 41.3. The van der Waals surface area contributed by atoms with Crippen LogP contribution in [0.4, 0.5) is 0 Å². The number of rotatable bonds is 13. The van der Waals surface area contributed by atoms with Gasteiger partial charge in [0.25, 0.3) is 0 Å². The van der Waals surface area contributed by atoms with Gasteiger partial charge in [-0.1, -0.05) is 26.2 Å². The van der Waals surface area contributed by atoms with E-state index in [0.717, 1.165) is 45.1 Å². The zero-order valence-corrected chi connectivity index (χ0v) is 30.7. The van der Waals surface area contributed by atoms with E-state index in [4.69, 9.17) is 24.1 Å². The Hall–Kier alpha value is -2.18. The largest absolute Gasteiger partial charge is 3.00 e. The maximum atomic E-state index is 11.0. The van der Waals surface area contributed by atoms with Crippen LogP contribution in [0.15, 0.2) is 0 Å². The Morgan fingerprint density at radius 1 is 0.842 bits per heavy atom.